The monoisotopic (exact) mass is 377 g/mol. The zero-order valence-electron chi connectivity index (χ0n) is 15.0. The molecule has 0 aliphatic carbocycles. The van der Waals surface area contributed by atoms with Crippen molar-refractivity contribution in [3.63, 3.8) is 0 Å². The lowest BCUT2D eigenvalue weighted by Gasteiger charge is -2.20. The molecule has 0 unspecified atom stereocenters. The number of hydrogen-bond donors (Lipinski definition) is 3. The Labute approximate surface area is 161 Å². The average Bonchev–Trinajstić information content (AvgIpc) is 3.15. The number of aryl methyl sites for hydroxylation is 2. The summed E-state index contributed by atoms with van der Waals surface area (Å²) in [6.07, 6.45) is 0. The summed E-state index contributed by atoms with van der Waals surface area (Å²) in [5.41, 5.74) is 3.73. The van der Waals surface area contributed by atoms with Gasteiger partial charge in [-0.2, -0.15) is 0 Å². The van der Waals surface area contributed by atoms with E-state index in [1.807, 2.05) is 50.2 Å². The Morgan fingerprint density at radius 3 is 2.52 bits per heavy atom. The lowest BCUT2D eigenvalue weighted by molar-refractivity contribution is 0.411. The van der Waals surface area contributed by atoms with Crippen LogP contribution < -0.4 is 4.90 Å². The van der Waals surface area contributed by atoms with Crippen molar-refractivity contribution in [3.8, 4) is 17.0 Å². The fourth-order valence-electron chi connectivity index (χ4n) is 3.24. The Bertz CT molecular complexity index is 1070. The largest absolute Gasteiger partial charge is 0.510 e. The van der Waals surface area contributed by atoms with E-state index in [2.05, 4.69) is 0 Å². The van der Waals surface area contributed by atoms with Gasteiger partial charge in [-0.1, -0.05) is 36.4 Å². The van der Waals surface area contributed by atoms with E-state index in [1.54, 1.807) is 17.0 Å². The number of amidine groups is 1. The number of rotatable bonds is 3. The fourth-order valence-corrected chi connectivity index (χ4v) is 4.24. The number of anilines is 1. The maximum atomic E-state index is 10.5. The molecular formula is C21H19N3O2S. The summed E-state index contributed by atoms with van der Waals surface area (Å²) < 4.78 is 0. The number of nitrogens with zero attached hydrogens (tertiary/aromatic N) is 2. The topological polar surface area (TPSA) is 80.4 Å². The first-order valence-corrected chi connectivity index (χ1v) is 9.38. The van der Waals surface area contributed by atoms with E-state index >= 15 is 0 Å². The number of hydrogen-bond acceptors (Lipinski definition) is 5. The van der Waals surface area contributed by atoms with Gasteiger partial charge in [-0.25, -0.2) is 4.98 Å². The second-order valence-corrected chi connectivity index (χ2v) is 7.74. The van der Waals surface area contributed by atoms with Crippen molar-refractivity contribution in [2.75, 3.05) is 11.4 Å². The van der Waals surface area contributed by atoms with Crippen LogP contribution in [0.25, 0.3) is 16.8 Å². The van der Waals surface area contributed by atoms with Gasteiger partial charge in [-0.3, -0.25) is 5.41 Å². The van der Waals surface area contributed by atoms with Crippen LogP contribution in [0.2, 0.25) is 0 Å². The van der Waals surface area contributed by atoms with Gasteiger partial charge in [0.25, 0.3) is 0 Å². The van der Waals surface area contributed by atoms with Crippen LogP contribution in [0.5, 0.6) is 5.75 Å². The molecule has 3 aromatic rings. The molecule has 2 heterocycles. The van der Waals surface area contributed by atoms with Crippen molar-refractivity contribution < 1.29 is 10.2 Å². The van der Waals surface area contributed by atoms with Gasteiger partial charge in [0.05, 0.1) is 23.5 Å². The van der Waals surface area contributed by atoms with Crippen molar-refractivity contribution >= 4 is 28.4 Å². The van der Waals surface area contributed by atoms with Gasteiger partial charge in [0, 0.05) is 10.4 Å². The van der Waals surface area contributed by atoms with Crippen LogP contribution in [0.1, 0.15) is 15.4 Å². The second kappa shape index (κ2) is 6.55. The zero-order chi connectivity index (χ0) is 19.1. The Hall–Kier alpha value is -3.12. The number of aliphatic hydroxyl groups excluding tert-OH is 1. The minimum Gasteiger partial charge on any atom is -0.510 e. The number of phenolic OH excluding ortho intramolecular Hbond substituents is 1. The highest BCUT2D eigenvalue weighted by atomic mass is 32.1. The fraction of sp³-hybridized carbons (Fsp3) is 0.143. The maximum absolute atomic E-state index is 10.5. The standard InChI is InChI=1S/C21H19N3O2S/c1-12-8-9-15(16(25)10-12)24-11-17(26)18(20(24)22)21-23-19(13(2)27-21)14-6-4-3-5-7-14/h3-10,22,25-26H,11H2,1-2H3. The molecule has 1 aromatic heterocycles. The predicted molar refractivity (Wildman–Crippen MR) is 110 cm³/mol. The van der Waals surface area contributed by atoms with Gasteiger partial charge in [-0.05, 0) is 31.5 Å². The van der Waals surface area contributed by atoms with Crippen LogP contribution in [0, 0.1) is 19.3 Å². The molecular weight excluding hydrogens is 358 g/mol. The highest BCUT2D eigenvalue weighted by Crippen LogP contribution is 2.39. The van der Waals surface area contributed by atoms with Crippen molar-refractivity contribution in [2.45, 2.75) is 13.8 Å². The molecule has 2 aromatic carbocycles. The predicted octanol–water partition coefficient (Wildman–Crippen LogP) is 4.90. The van der Waals surface area contributed by atoms with Crippen LogP contribution in [0.3, 0.4) is 0 Å². The number of aliphatic hydroxyl groups is 1. The van der Waals surface area contributed by atoms with Crippen molar-refractivity contribution in [2.24, 2.45) is 0 Å². The Morgan fingerprint density at radius 1 is 1.07 bits per heavy atom. The Kier molecular flexibility index (Phi) is 4.20. The number of thiazole rings is 1. The van der Waals surface area contributed by atoms with E-state index in [0.29, 0.717) is 16.3 Å². The Morgan fingerprint density at radius 2 is 1.81 bits per heavy atom. The summed E-state index contributed by atoms with van der Waals surface area (Å²) in [6.45, 7) is 4.02. The van der Waals surface area contributed by atoms with Crippen molar-refractivity contribution in [1.82, 2.24) is 4.98 Å². The minimum absolute atomic E-state index is 0.0911. The van der Waals surface area contributed by atoms with E-state index < -0.39 is 0 Å². The first-order valence-electron chi connectivity index (χ1n) is 8.57. The van der Waals surface area contributed by atoms with Crippen LogP contribution in [0.15, 0.2) is 54.3 Å². The molecule has 5 nitrogen and oxygen atoms in total. The molecule has 0 radical (unpaired) electrons. The smallest absolute Gasteiger partial charge is 0.139 e. The van der Waals surface area contributed by atoms with E-state index in [9.17, 15) is 10.2 Å². The molecule has 0 bridgehead atoms. The molecule has 0 atom stereocenters. The highest BCUT2D eigenvalue weighted by molar-refractivity contribution is 7.13. The normalized spacial score (nSPS) is 14.3. The SMILES string of the molecule is Cc1ccc(N2CC(O)=C(c3nc(-c4ccccc4)c(C)s3)C2=N)c(O)c1. The third kappa shape index (κ3) is 2.98. The van der Waals surface area contributed by atoms with Crippen LogP contribution >= 0.6 is 11.3 Å². The molecule has 0 spiro atoms. The van der Waals surface area contributed by atoms with Gasteiger partial charge >= 0.3 is 0 Å². The first-order chi connectivity index (χ1) is 13.0. The van der Waals surface area contributed by atoms with Crippen LogP contribution in [0.4, 0.5) is 5.69 Å². The number of phenols is 1. The molecule has 0 saturated heterocycles. The first kappa shape index (κ1) is 17.3. The van der Waals surface area contributed by atoms with Crippen molar-refractivity contribution in [3.05, 3.63) is 69.7 Å². The van der Waals surface area contributed by atoms with Crippen LogP contribution in [-0.4, -0.2) is 27.6 Å². The summed E-state index contributed by atoms with van der Waals surface area (Å²) in [6, 6.07) is 15.2. The van der Waals surface area contributed by atoms with Crippen molar-refractivity contribution in [1.29, 1.82) is 5.41 Å². The summed E-state index contributed by atoms with van der Waals surface area (Å²) in [5, 5.41) is 30.0. The molecule has 1 aliphatic heterocycles. The molecule has 27 heavy (non-hydrogen) atoms. The number of aromatic hydroxyl groups is 1. The summed E-state index contributed by atoms with van der Waals surface area (Å²) in [4.78, 5) is 7.32. The molecule has 0 saturated carbocycles. The van der Waals surface area contributed by atoms with Gasteiger partial charge in [0.1, 0.15) is 22.4 Å². The zero-order valence-corrected chi connectivity index (χ0v) is 15.8. The minimum atomic E-state index is 0.0911. The lowest BCUT2D eigenvalue weighted by Crippen LogP contribution is -2.26. The van der Waals surface area contributed by atoms with Gasteiger partial charge in [-0.15, -0.1) is 11.3 Å². The van der Waals surface area contributed by atoms with Gasteiger partial charge in [0.2, 0.25) is 0 Å². The molecule has 3 N–H and O–H groups in total. The third-order valence-electron chi connectivity index (χ3n) is 4.58. The van der Waals surface area contributed by atoms with Gasteiger partial charge < -0.3 is 15.1 Å². The summed E-state index contributed by atoms with van der Waals surface area (Å²) in [7, 11) is 0. The lowest BCUT2D eigenvalue weighted by atomic mass is 10.1. The quantitative estimate of drug-likeness (QED) is 0.606. The summed E-state index contributed by atoms with van der Waals surface area (Å²) >= 11 is 1.46. The van der Waals surface area contributed by atoms with Crippen LogP contribution in [-0.2, 0) is 0 Å². The Balaban J connectivity index is 1.71. The highest BCUT2D eigenvalue weighted by Gasteiger charge is 2.33. The summed E-state index contributed by atoms with van der Waals surface area (Å²) in [5.74, 6) is 0.322. The molecule has 6 heteroatoms. The average molecular weight is 377 g/mol. The van der Waals surface area contributed by atoms with E-state index in [4.69, 9.17) is 10.4 Å². The number of benzene rings is 2. The number of nitrogens with one attached hydrogen (secondary N) is 1. The third-order valence-corrected chi connectivity index (χ3v) is 5.57. The van der Waals surface area contributed by atoms with Gasteiger partial charge in [0.15, 0.2) is 0 Å². The molecule has 136 valence electrons. The van der Waals surface area contributed by atoms with E-state index in [1.165, 1.54) is 11.3 Å². The number of aromatic nitrogens is 1. The molecule has 0 fully saturated rings. The van der Waals surface area contributed by atoms with E-state index in [-0.39, 0.29) is 23.9 Å². The maximum Gasteiger partial charge on any atom is 0.139 e. The van der Waals surface area contributed by atoms with E-state index in [0.717, 1.165) is 21.7 Å². The molecule has 0 amide bonds. The molecule has 4 rings (SSSR count). The molecule has 1 aliphatic rings. The second-order valence-electron chi connectivity index (χ2n) is 6.54.